The molecule has 11 heteroatoms. The molecule has 1 aliphatic carbocycles. The Balaban J connectivity index is 1.18. The molecule has 1 aliphatic rings. The third-order valence-electron chi connectivity index (χ3n) is 6.49. The van der Waals surface area contributed by atoms with E-state index in [0.29, 0.717) is 29.2 Å². The van der Waals surface area contributed by atoms with Gasteiger partial charge in [0.2, 0.25) is 5.95 Å². The Labute approximate surface area is 202 Å². The fraction of sp³-hybridized carbons (Fsp3) is 0.333. The number of aromatic nitrogens is 9. The van der Waals surface area contributed by atoms with Crippen LogP contribution in [0.1, 0.15) is 25.7 Å². The van der Waals surface area contributed by atoms with E-state index >= 15 is 0 Å². The molecule has 1 aromatic carbocycles. The van der Waals surface area contributed by atoms with Crippen molar-refractivity contribution in [1.29, 1.82) is 0 Å². The Morgan fingerprint density at radius 3 is 2.57 bits per heavy atom. The minimum atomic E-state index is 0.307. The van der Waals surface area contributed by atoms with Gasteiger partial charge in [0, 0.05) is 36.2 Å². The van der Waals surface area contributed by atoms with E-state index < -0.39 is 0 Å². The van der Waals surface area contributed by atoms with Crippen LogP contribution in [0.5, 0.6) is 0 Å². The van der Waals surface area contributed by atoms with Crippen molar-refractivity contribution in [3.05, 3.63) is 61.3 Å². The summed E-state index contributed by atoms with van der Waals surface area (Å²) in [5.41, 5.74) is 10.4. The molecule has 0 aliphatic heterocycles. The smallest absolute Gasteiger partial charge is 0.225 e. The Bertz CT molecular complexity index is 1390. The summed E-state index contributed by atoms with van der Waals surface area (Å²) in [6.45, 7) is 1.54. The van der Waals surface area contributed by atoms with Gasteiger partial charge in [-0.25, -0.2) is 4.98 Å². The number of anilines is 1. The molecule has 0 unspecified atom stereocenters. The number of nitrogens with one attached hydrogen (secondary N) is 1. The highest BCUT2D eigenvalue weighted by Gasteiger charge is 2.19. The maximum Gasteiger partial charge on any atom is 0.225 e. The lowest BCUT2D eigenvalue weighted by Gasteiger charge is -2.26. The van der Waals surface area contributed by atoms with Gasteiger partial charge in [-0.05, 0) is 49.4 Å². The van der Waals surface area contributed by atoms with Crippen molar-refractivity contribution in [2.24, 2.45) is 5.73 Å². The topological polar surface area (TPSA) is 130 Å². The van der Waals surface area contributed by atoms with E-state index in [1.165, 1.54) is 0 Å². The normalized spacial score (nSPS) is 18.2. The zero-order valence-corrected chi connectivity index (χ0v) is 19.3. The van der Waals surface area contributed by atoms with Gasteiger partial charge in [-0.2, -0.15) is 19.9 Å². The van der Waals surface area contributed by atoms with Crippen molar-refractivity contribution in [3.63, 3.8) is 0 Å². The fourth-order valence-corrected chi connectivity index (χ4v) is 4.49. The monoisotopic (exact) mass is 469 g/mol. The van der Waals surface area contributed by atoms with Crippen LogP contribution >= 0.6 is 0 Å². The van der Waals surface area contributed by atoms with E-state index in [1.54, 1.807) is 17.1 Å². The molecule has 3 N–H and O–H groups in total. The highest BCUT2D eigenvalue weighted by Crippen LogP contribution is 2.23. The molecule has 4 heterocycles. The van der Waals surface area contributed by atoms with Crippen molar-refractivity contribution in [2.75, 3.05) is 5.32 Å². The quantitative estimate of drug-likeness (QED) is 0.372. The van der Waals surface area contributed by atoms with E-state index in [2.05, 4.69) is 42.9 Å². The van der Waals surface area contributed by atoms with Gasteiger partial charge >= 0.3 is 0 Å². The molecule has 1 fully saturated rings. The van der Waals surface area contributed by atoms with E-state index in [0.717, 1.165) is 55.6 Å². The average molecular weight is 470 g/mol. The second-order valence-electron chi connectivity index (χ2n) is 8.97. The average Bonchev–Trinajstić information content (AvgIpc) is 3.65. The predicted octanol–water partition coefficient (Wildman–Crippen LogP) is 2.65. The summed E-state index contributed by atoms with van der Waals surface area (Å²) in [5, 5.41) is 20.7. The number of fused-ring (bicyclic) bond motifs is 1. The summed E-state index contributed by atoms with van der Waals surface area (Å²) in [4.78, 5) is 9.14. The molecule has 178 valence electrons. The van der Waals surface area contributed by atoms with Crippen LogP contribution in [-0.4, -0.2) is 56.6 Å². The molecule has 1 saturated carbocycles. The molecule has 5 aromatic rings. The lowest BCUT2D eigenvalue weighted by molar-refractivity contribution is 0.410. The van der Waals surface area contributed by atoms with Crippen LogP contribution in [0, 0.1) is 0 Å². The number of rotatable bonds is 7. The fourth-order valence-electron chi connectivity index (χ4n) is 4.49. The molecule has 0 atom stereocenters. The summed E-state index contributed by atoms with van der Waals surface area (Å²) in [6.07, 6.45) is 13.5. The van der Waals surface area contributed by atoms with Crippen LogP contribution in [0.3, 0.4) is 0 Å². The minimum absolute atomic E-state index is 0.307. The molecule has 35 heavy (non-hydrogen) atoms. The predicted molar refractivity (Wildman–Crippen MR) is 132 cm³/mol. The third-order valence-corrected chi connectivity index (χ3v) is 6.49. The largest absolute Gasteiger partial charge is 0.351 e. The van der Waals surface area contributed by atoms with Crippen molar-refractivity contribution in [2.45, 2.75) is 50.9 Å². The van der Waals surface area contributed by atoms with Crippen LogP contribution in [-0.2, 0) is 13.1 Å². The van der Waals surface area contributed by atoms with Gasteiger partial charge in [-0.1, -0.05) is 17.3 Å². The van der Waals surface area contributed by atoms with Gasteiger partial charge in [-0.3, -0.25) is 9.36 Å². The van der Waals surface area contributed by atoms with Gasteiger partial charge in [0.25, 0.3) is 0 Å². The maximum atomic E-state index is 6.03. The van der Waals surface area contributed by atoms with E-state index in [-0.39, 0.29) is 0 Å². The molecular weight excluding hydrogens is 442 g/mol. The SMILES string of the molecule is NC1CCC(Nc2ncc3nnn(-c4ccc(-c5cnn(CCn6cccn6)c5)cc4)c3n2)CC1. The standard InChI is InChI=1S/C24H27N11/c25-19-4-6-20(7-5-19)29-24-26-15-22-23(30-24)35(32-31-22)21-8-2-17(3-9-21)18-14-28-34(16-18)13-12-33-11-1-10-27-33/h1-3,8-11,14-16,19-20H,4-7,12-13,25H2,(H,26,29,30). The van der Waals surface area contributed by atoms with Crippen molar-refractivity contribution in [3.8, 4) is 16.8 Å². The number of nitrogens with two attached hydrogens (primary N) is 1. The van der Waals surface area contributed by atoms with Gasteiger partial charge < -0.3 is 11.1 Å². The van der Waals surface area contributed by atoms with Crippen LogP contribution in [0.4, 0.5) is 5.95 Å². The van der Waals surface area contributed by atoms with Crippen molar-refractivity contribution >= 4 is 17.1 Å². The Morgan fingerprint density at radius 2 is 1.77 bits per heavy atom. The Hall–Kier alpha value is -4.12. The second kappa shape index (κ2) is 9.26. The van der Waals surface area contributed by atoms with Crippen molar-refractivity contribution in [1.82, 2.24) is 44.5 Å². The molecule has 11 nitrogen and oxygen atoms in total. The molecule has 6 rings (SSSR count). The first-order valence-electron chi connectivity index (χ1n) is 11.9. The van der Waals surface area contributed by atoms with Gasteiger partial charge in [0.1, 0.15) is 0 Å². The van der Waals surface area contributed by atoms with E-state index in [1.807, 2.05) is 46.2 Å². The highest BCUT2D eigenvalue weighted by atomic mass is 15.4. The highest BCUT2D eigenvalue weighted by molar-refractivity contribution is 5.72. The van der Waals surface area contributed by atoms with Gasteiger partial charge in [0.15, 0.2) is 11.2 Å². The summed E-state index contributed by atoms with van der Waals surface area (Å²) in [7, 11) is 0. The molecule has 0 amide bonds. The summed E-state index contributed by atoms with van der Waals surface area (Å²) in [5.74, 6) is 0.598. The lowest BCUT2D eigenvalue weighted by Crippen LogP contribution is -2.33. The molecule has 0 bridgehead atoms. The minimum Gasteiger partial charge on any atom is -0.351 e. The van der Waals surface area contributed by atoms with E-state index in [4.69, 9.17) is 10.7 Å². The molecule has 0 spiro atoms. The maximum absolute atomic E-state index is 6.03. The first kappa shape index (κ1) is 21.4. The number of nitrogens with zero attached hydrogens (tertiary/aromatic N) is 9. The number of aryl methyl sites for hydroxylation is 2. The van der Waals surface area contributed by atoms with E-state index in [9.17, 15) is 0 Å². The van der Waals surface area contributed by atoms with Gasteiger partial charge in [-0.15, -0.1) is 5.10 Å². The third kappa shape index (κ3) is 4.62. The van der Waals surface area contributed by atoms with Crippen LogP contribution in [0.25, 0.3) is 28.0 Å². The molecule has 0 saturated heterocycles. The number of hydrogen-bond acceptors (Lipinski definition) is 8. The first-order valence-corrected chi connectivity index (χ1v) is 11.9. The molecule has 0 radical (unpaired) electrons. The lowest BCUT2D eigenvalue weighted by atomic mass is 9.92. The Kier molecular flexibility index (Phi) is 5.67. The molecular formula is C24H27N11. The van der Waals surface area contributed by atoms with Crippen LogP contribution in [0.15, 0.2) is 61.3 Å². The number of hydrogen-bond donors (Lipinski definition) is 2. The summed E-state index contributed by atoms with van der Waals surface area (Å²) >= 11 is 0. The summed E-state index contributed by atoms with van der Waals surface area (Å²) in [6, 6.07) is 10.7. The first-order chi connectivity index (χ1) is 17.2. The summed E-state index contributed by atoms with van der Waals surface area (Å²) < 4.78 is 5.57. The van der Waals surface area contributed by atoms with Crippen molar-refractivity contribution < 1.29 is 0 Å². The number of benzene rings is 1. The molecule has 4 aromatic heterocycles. The second-order valence-corrected chi connectivity index (χ2v) is 8.97. The van der Waals surface area contributed by atoms with Crippen LogP contribution < -0.4 is 11.1 Å². The Morgan fingerprint density at radius 1 is 0.943 bits per heavy atom. The van der Waals surface area contributed by atoms with Gasteiger partial charge in [0.05, 0.1) is 31.2 Å². The van der Waals surface area contributed by atoms with Crippen LogP contribution in [0.2, 0.25) is 0 Å². The zero-order chi connectivity index (χ0) is 23.6. The zero-order valence-electron chi connectivity index (χ0n) is 19.3.